The SMILES string of the molecule is CCOC(=O)C1=C(O)CCC(N(C(=O)OCc2ccccc2)C2CC2)C1. The summed E-state index contributed by atoms with van der Waals surface area (Å²) in [5, 5.41) is 10.1. The van der Waals surface area contributed by atoms with Gasteiger partial charge in [0.05, 0.1) is 12.2 Å². The van der Waals surface area contributed by atoms with Crippen LogP contribution in [0.1, 0.15) is 44.6 Å². The number of allylic oxidation sites excluding steroid dienone is 1. The summed E-state index contributed by atoms with van der Waals surface area (Å²) in [5.74, 6) is -0.420. The zero-order valence-corrected chi connectivity index (χ0v) is 15.0. The first-order valence-electron chi connectivity index (χ1n) is 9.17. The Morgan fingerprint density at radius 1 is 1.12 bits per heavy atom. The lowest BCUT2D eigenvalue weighted by Gasteiger charge is -2.34. The molecule has 1 amide bonds. The maximum Gasteiger partial charge on any atom is 0.410 e. The molecule has 6 nitrogen and oxygen atoms in total. The van der Waals surface area contributed by atoms with Crippen molar-refractivity contribution in [2.75, 3.05) is 6.61 Å². The van der Waals surface area contributed by atoms with Crippen molar-refractivity contribution in [2.24, 2.45) is 0 Å². The molecule has 1 fully saturated rings. The number of aliphatic hydroxyl groups is 1. The molecule has 1 aromatic rings. The maximum atomic E-state index is 12.7. The van der Waals surface area contributed by atoms with Gasteiger partial charge in [0.1, 0.15) is 12.4 Å². The highest BCUT2D eigenvalue weighted by Gasteiger charge is 2.41. The smallest absolute Gasteiger partial charge is 0.410 e. The number of aliphatic hydroxyl groups excluding tert-OH is 1. The van der Waals surface area contributed by atoms with Crippen molar-refractivity contribution in [3.63, 3.8) is 0 Å². The van der Waals surface area contributed by atoms with Gasteiger partial charge in [-0.2, -0.15) is 0 Å². The molecule has 1 N–H and O–H groups in total. The lowest BCUT2D eigenvalue weighted by atomic mass is 9.92. The van der Waals surface area contributed by atoms with Crippen molar-refractivity contribution in [1.82, 2.24) is 4.90 Å². The number of benzene rings is 1. The van der Waals surface area contributed by atoms with E-state index in [1.807, 2.05) is 30.3 Å². The number of hydrogen-bond acceptors (Lipinski definition) is 5. The topological polar surface area (TPSA) is 76.1 Å². The Morgan fingerprint density at radius 2 is 1.85 bits per heavy atom. The van der Waals surface area contributed by atoms with E-state index < -0.39 is 5.97 Å². The van der Waals surface area contributed by atoms with E-state index >= 15 is 0 Å². The Balaban J connectivity index is 1.66. The van der Waals surface area contributed by atoms with Crippen LogP contribution in [-0.4, -0.2) is 40.8 Å². The van der Waals surface area contributed by atoms with Crippen LogP contribution >= 0.6 is 0 Å². The average Bonchev–Trinajstić information content (AvgIpc) is 3.47. The van der Waals surface area contributed by atoms with E-state index in [4.69, 9.17) is 9.47 Å². The molecule has 0 radical (unpaired) electrons. The molecule has 0 bridgehead atoms. The summed E-state index contributed by atoms with van der Waals surface area (Å²) in [4.78, 5) is 26.5. The molecule has 1 saturated carbocycles. The molecule has 6 heteroatoms. The molecule has 26 heavy (non-hydrogen) atoms. The second-order valence-electron chi connectivity index (χ2n) is 6.72. The minimum Gasteiger partial charge on any atom is -0.512 e. The van der Waals surface area contributed by atoms with Crippen molar-refractivity contribution >= 4 is 12.1 Å². The fraction of sp³-hybridized carbons (Fsp3) is 0.500. The van der Waals surface area contributed by atoms with Gasteiger partial charge in [-0.3, -0.25) is 0 Å². The molecular formula is C20H25NO5. The minimum atomic E-state index is -0.497. The van der Waals surface area contributed by atoms with E-state index in [0.29, 0.717) is 19.3 Å². The summed E-state index contributed by atoms with van der Waals surface area (Å²) in [7, 11) is 0. The Morgan fingerprint density at radius 3 is 2.50 bits per heavy atom. The molecule has 0 aliphatic heterocycles. The van der Waals surface area contributed by atoms with E-state index in [-0.39, 0.29) is 42.7 Å². The van der Waals surface area contributed by atoms with Crippen molar-refractivity contribution < 1.29 is 24.2 Å². The van der Waals surface area contributed by atoms with Crippen LogP contribution < -0.4 is 0 Å². The Hall–Kier alpha value is -2.50. The zero-order valence-electron chi connectivity index (χ0n) is 15.0. The van der Waals surface area contributed by atoms with Crippen LogP contribution in [0.3, 0.4) is 0 Å². The number of amides is 1. The summed E-state index contributed by atoms with van der Waals surface area (Å²) in [6, 6.07) is 9.56. The van der Waals surface area contributed by atoms with Crippen LogP contribution in [0.4, 0.5) is 4.79 Å². The second-order valence-corrected chi connectivity index (χ2v) is 6.72. The van der Waals surface area contributed by atoms with Gasteiger partial charge in [-0.05, 0) is 31.7 Å². The van der Waals surface area contributed by atoms with Crippen molar-refractivity contribution in [3.8, 4) is 0 Å². The highest BCUT2D eigenvalue weighted by molar-refractivity contribution is 5.89. The Kier molecular flexibility index (Phi) is 5.81. The molecule has 0 spiro atoms. The molecular weight excluding hydrogens is 334 g/mol. The predicted molar refractivity (Wildman–Crippen MR) is 95.4 cm³/mol. The molecule has 2 aliphatic carbocycles. The molecule has 0 saturated heterocycles. The van der Waals surface area contributed by atoms with Gasteiger partial charge in [0.2, 0.25) is 0 Å². The summed E-state index contributed by atoms with van der Waals surface area (Å²) < 4.78 is 10.5. The van der Waals surface area contributed by atoms with E-state index in [1.54, 1.807) is 11.8 Å². The highest BCUT2D eigenvalue weighted by atomic mass is 16.6. The third-order valence-electron chi connectivity index (χ3n) is 4.77. The number of hydrogen-bond donors (Lipinski definition) is 1. The monoisotopic (exact) mass is 359 g/mol. The molecule has 1 unspecified atom stereocenters. The third-order valence-corrected chi connectivity index (χ3v) is 4.77. The van der Waals surface area contributed by atoms with Crippen LogP contribution in [0, 0.1) is 0 Å². The summed E-state index contributed by atoms with van der Waals surface area (Å²) >= 11 is 0. The molecule has 0 heterocycles. The zero-order chi connectivity index (χ0) is 18.5. The van der Waals surface area contributed by atoms with Gasteiger partial charge in [-0.1, -0.05) is 30.3 Å². The summed E-state index contributed by atoms with van der Waals surface area (Å²) in [5.41, 5.74) is 1.22. The van der Waals surface area contributed by atoms with Crippen LogP contribution in [0.15, 0.2) is 41.7 Å². The van der Waals surface area contributed by atoms with Gasteiger partial charge in [0.25, 0.3) is 0 Å². The molecule has 1 aromatic carbocycles. The third kappa shape index (κ3) is 4.36. The minimum absolute atomic E-state index is 0.0769. The first-order chi connectivity index (χ1) is 12.6. The number of carbonyl (C=O) groups is 2. The van der Waals surface area contributed by atoms with Crippen LogP contribution in [0.25, 0.3) is 0 Å². The molecule has 1 atom stereocenters. The van der Waals surface area contributed by atoms with Gasteiger partial charge in [0.15, 0.2) is 0 Å². The van der Waals surface area contributed by atoms with Crippen LogP contribution in [-0.2, 0) is 20.9 Å². The average molecular weight is 359 g/mol. The van der Waals surface area contributed by atoms with Gasteiger partial charge in [0, 0.05) is 24.9 Å². The standard InChI is InChI=1S/C20H25NO5/c1-2-25-19(23)17-12-16(10-11-18(17)22)21(15-8-9-15)20(24)26-13-14-6-4-3-5-7-14/h3-7,15-16,22H,2,8-13H2,1H3. The van der Waals surface area contributed by atoms with E-state index in [0.717, 1.165) is 18.4 Å². The normalized spacial score (nSPS) is 19.8. The lowest BCUT2D eigenvalue weighted by molar-refractivity contribution is -0.139. The van der Waals surface area contributed by atoms with Gasteiger partial charge in [-0.15, -0.1) is 0 Å². The summed E-state index contributed by atoms with van der Waals surface area (Å²) in [6.45, 7) is 2.21. The molecule has 0 aromatic heterocycles. The van der Waals surface area contributed by atoms with Gasteiger partial charge < -0.3 is 19.5 Å². The lowest BCUT2D eigenvalue weighted by Crippen LogP contribution is -2.44. The Bertz CT molecular complexity index is 681. The number of nitrogens with zero attached hydrogens (tertiary/aromatic N) is 1. The number of carbonyl (C=O) groups excluding carboxylic acids is 2. The molecule has 140 valence electrons. The van der Waals surface area contributed by atoms with Crippen molar-refractivity contribution in [3.05, 3.63) is 47.2 Å². The van der Waals surface area contributed by atoms with E-state index in [2.05, 4.69) is 0 Å². The number of rotatable bonds is 6. The van der Waals surface area contributed by atoms with E-state index in [1.165, 1.54) is 0 Å². The van der Waals surface area contributed by atoms with Crippen molar-refractivity contribution in [2.45, 2.75) is 57.7 Å². The number of ether oxygens (including phenoxy) is 2. The fourth-order valence-corrected chi connectivity index (χ4v) is 3.31. The van der Waals surface area contributed by atoms with Crippen LogP contribution in [0.2, 0.25) is 0 Å². The highest BCUT2D eigenvalue weighted by Crippen LogP contribution is 2.36. The molecule has 3 rings (SSSR count). The second kappa shape index (κ2) is 8.25. The van der Waals surface area contributed by atoms with Crippen LogP contribution in [0.5, 0.6) is 0 Å². The maximum absolute atomic E-state index is 12.7. The first-order valence-corrected chi connectivity index (χ1v) is 9.17. The quantitative estimate of drug-likeness (QED) is 0.784. The predicted octanol–water partition coefficient (Wildman–Crippen LogP) is 3.72. The van der Waals surface area contributed by atoms with Crippen molar-refractivity contribution in [1.29, 1.82) is 0 Å². The summed E-state index contributed by atoms with van der Waals surface area (Å²) in [6.07, 6.45) is 2.83. The van der Waals surface area contributed by atoms with E-state index in [9.17, 15) is 14.7 Å². The molecule has 2 aliphatic rings. The largest absolute Gasteiger partial charge is 0.512 e. The Labute approximate surface area is 153 Å². The number of esters is 1. The fourth-order valence-electron chi connectivity index (χ4n) is 3.31. The first kappa shape index (κ1) is 18.3. The van der Waals surface area contributed by atoms with Gasteiger partial charge >= 0.3 is 12.1 Å². The van der Waals surface area contributed by atoms with Gasteiger partial charge in [-0.25, -0.2) is 9.59 Å².